The van der Waals surface area contributed by atoms with Gasteiger partial charge in [-0.25, -0.2) is 0 Å². The lowest BCUT2D eigenvalue weighted by Crippen LogP contribution is -2.09. The highest BCUT2D eigenvalue weighted by Gasteiger charge is 2.01. The van der Waals surface area contributed by atoms with Gasteiger partial charge in [0, 0.05) is 12.1 Å². The van der Waals surface area contributed by atoms with Gasteiger partial charge in [-0.1, -0.05) is 56.3 Å². The zero-order valence-corrected chi connectivity index (χ0v) is 13.0. The van der Waals surface area contributed by atoms with Crippen LogP contribution < -0.4 is 5.32 Å². The molecule has 0 heterocycles. The van der Waals surface area contributed by atoms with Gasteiger partial charge in [-0.2, -0.15) is 0 Å². The number of hydrogen-bond acceptors (Lipinski definition) is 3. The van der Waals surface area contributed by atoms with Crippen LogP contribution in [0.4, 0.5) is 5.69 Å². The van der Waals surface area contributed by atoms with E-state index < -0.39 is 4.92 Å². The molecule has 116 valence electrons. The topological polar surface area (TPSA) is 55.2 Å². The van der Waals surface area contributed by atoms with Crippen molar-refractivity contribution in [3.05, 3.63) is 75.8 Å². The molecule has 1 N–H and O–H groups in total. The number of non-ortho nitro benzene ring substituents is 1. The molecule has 0 bridgehead atoms. The summed E-state index contributed by atoms with van der Waals surface area (Å²) < 4.78 is 0. The number of nitrogens with one attached hydrogen (secondary N) is 1. The van der Waals surface area contributed by atoms with Crippen molar-refractivity contribution in [3.63, 3.8) is 0 Å². The van der Waals surface area contributed by atoms with Crippen LogP contribution in [0.25, 0.3) is 12.2 Å². The zero-order chi connectivity index (χ0) is 16.2. The molecule has 0 fully saturated rings. The van der Waals surface area contributed by atoms with Crippen LogP contribution >= 0.6 is 0 Å². The van der Waals surface area contributed by atoms with Crippen molar-refractivity contribution >= 4 is 17.8 Å². The third-order valence-corrected chi connectivity index (χ3v) is 2.87. The zero-order valence-electron chi connectivity index (χ0n) is 13.0. The molecule has 0 aliphatic heterocycles. The van der Waals surface area contributed by atoms with Crippen LogP contribution in [0, 0.1) is 10.1 Å². The maximum atomic E-state index is 10.5. The summed E-state index contributed by atoms with van der Waals surface area (Å²) in [7, 11) is 0. The summed E-state index contributed by atoms with van der Waals surface area (Å²) in [5.74, 6) is 0. The first-order valence-corrected chi connectivity index (χ1v) is 7.35. The molecule has 0 aliphatic carbocycles. The number of rotatable bonds is 5. The van der Waals surface area contributed by atoms with E-state index in [1.54, 1.807) is 12.1 Å². The van der Waals surface area contributed by atoms with E-state index in [2.05, 4.69) is 19.2 Å². The van der Waals surface area contributed by atoms with Gasteiger partial charge >= 0.3 is 0 Å². The van der Waals surface area contributed by atoms with Gasteiger partial charge < -0.3 is 5.32 Å². The first kappa shape index (κ1) is 17.6. The normalized spacial score (nSPS) is 10.1. The molecule has 2 rings (SSSR count). The van der Waals surface area contributed by atoms with Gasteiger partial charge in [-0.3, -0.25) is 10.1 Å². The highest BCUT2D eigenvalue weighted by molar-refractivity contribution is 5.69. The largest absolute Gasteiger partial charge is 0.317 e. The molecule has 0 aliphatic rings. The van der Waals surface area contributed by atoms with Crippen LogP contribution in [0.2, 0.25) is 0 Å². The minimum absolute atomic E-state index is 0.113. The Balaban J connectivity index is 0.000000422. The van der Waals surface area contributed by atoms with Crippen molar-refractivity contribution in [2.24, 2.45) is 0 Å². The minimum atomic E-state index is -0.398. The minimum Gasteiger partial charge on any atom is -0.317 e. The highest BCUT2D eigenvalue weighted by Crippen LogP contribution is 2.14. The Labute approximate surface area is 131 Å². The van der Waals surface area contributed by atoms with Gasteiger partial charge in [0.25, 0.3) is 5.69 Å². The molecule has 22 heavy (non-hydrogen) atoms. The molecule has 0 saturated carbocycles. The lowest BCUT2D eigenvalue weighted by Gasteiger charge is -1.94. The Hall–Kier alpha value is -2.46. The highest BCUT2D eigenvalue weighted by atomic mass is 16.6. The van der Waals surface area contributed by atoms with E-state index in [4.69, 9.17) is 0 Å². The fraction of sp³-hybridized carbons (Fsp3) is 0.222. The van der Waals surface area contributed by atoms with Crippen LogP contribution in [0.5, 0.6) is 0 Å². The van der Waals surface area contributed by atoms with Crippen molar-refractivity contribution in [1.29, 1.82) is 0 Å². The molecular weight excluding hydrogens is 276 g/mol. The van der Waals surface area contributed by atoms with Gasteiger partial charge in [0.15, 0.2) is 0 Å². The molecule has 0 aromatic heterocycles. The van der Waals surface area contributed by atoms with Gasteiger partial charge in [0.2, 0.25) is 0 Å². The Kier molecular flexibility index (Phi) is 8.23. The molecule has 0 saturated heterocycles. The molecule has 0 atom stereocenters. The third kappa shape index (κ3) is 6.81. The number of nitro groups is 1. The summed E-state index contributed by atoms with van der Waals surface area (Å²) in [5, 5.41) is 13.6. The molecule has 2 aromatic carbocycles. The predicted molar refractivity (Wildman–Crippen MR) is 92.7 cm³/mol. The summed E-state index contributed by atoms with van der Waals surface area (Å²) in [5.41, 5.74) is 2.16. The average molecular weight is 298 g/mol. The predicted octanol–water partition coefficient (Wildman–Crippen LogP) is 4.38. The maximum absolute atomic E-state index is 10.5. The molecule has 0 amide bonds. The van der Waals surface area contributed by atoms with E-state index in [-0.39, 0.29) is 5.69 Å². The van der Waals surface area contributed by atoms with Gasteiger partial charge in [0.05, 0.1) is 4.92 Å². The maximum Gasteiger partial charge on any atom is 0.269 e. The lowest BCUT2D eigenvalue weighted by atomic mass is 10.1. The van der Waals surface area contributed by atoms with E-state index in [0.29, 0.717) is 0 Å². The molecule has 2 aromatic rings. The number of hydrogen-bond donors (Lipinski definition) is 1. The van der Waals surface area contributed by atoms with E-state index in [9.17, 15) is 10.1 Å². The smallest absolute Gasteiger partial charge is 0.269 e. The van der Waals surface area contributed by atoms with Crippen LogP contribution in [0.3, 0.4) is 0 Å². The Morgan fingerprint density at radius 3 is 1.82 bits per heavy atom. The van der Waals surface area contributed by atoms with E-state index in [1.165, 1.54) is 12.1 Å². The average Bonchev–Trinajstić information content (AvgIpc) is 2.55. The molecule has 0 radical (unpaired) electrons. The number of nitro benzene ring substituents is 1. The van der Waals surface area contributed by atoms with Crippen molar-refractivity contribution in [3.8, 4) is 0 Å². The molecule has 0 spiro atoms. The first-order valence-electron chi connectivity index (χ1n) is 7.35. The van der Waals surface area contributed by atoms with E-state index in [0.717, 1.165) is 24.2 Å². The van der Waals surface area contributed by atoms with E-state index >= 15 is 0 Å². The molecule has 4 heteroatoms. The van der Waals surface area contributed by atoms with Crippen LogP contribution in [-0.2, 0) is 0 Å². The van der Waals surface area contributed by atoms with Crippen LogP contribution in [0.1, 0.15) is 25.0 Å². The Bertz CT molecular complexity index is 576. The monoisotopic (exact) mass is 298 g/mol. The Morgan fingerprint density at radius 1 is 0.909 bits per heavy atom. The van der Waals surface area contributed by atoms with Crippen LogP contribution in [-0.4, -0.2) is 18.0 Å². The Morgan fingerprint density at radius 2 is 1.41 bits per heavy atom. The first-order chi connectivity index (χ1) is 10.7. The van der Waals surface area contributed by atoms with Crippen LogP contribution in [0.15, 0.2) is 54.6 Å². The third-order valence-electron chi connectivity index (χ3n) is 2.87. The fourth-order valence-electron chi connectivity index (χ4n) is 1.71. The standard InChI is InChI=1S/C14H11NO2.C4H11N/c16-15(17)14-10-8-13(9-11-14)7-6-12-4-2-1-3-5-12;1-3-5-4-2/h1-11H;5H,3-4H2,1-2H3. The van der Waals surface area contributed by atoms with Gasteiger partial charge in [-0.15, -0.1) is 0 Å². The SMILES string of the molecule is CCNCC.O=[N+]([O-])c1ccc(C=Cc2ccccc2)cc1. The summed E-state index contributed by atoms with van der Waals surface area (Å²) in [6, 6.07) is 16.4. The van der Waals surface area contributed by atoms with Crippen molar-refractivity contribution in [1.82, 2.24) is 5.32 Å². The number of nitrogens with zero attached hydrogens (tertiary/aromatic N) is 1. The fourth-order valence-corrected chi connectivity index (χ4v) is 1.71. The second kappa shape index (κ2) is 10.3. The molecular formula is C18H22N2O2. The number of benzene rings is 2. The second-order valence-electron chi connectivity index (χ2n) is 4.55. The van der Waals surface area contributed by atoms with Crippen molar-refractivity contribution in [2.45, 2.75) is 13.8 Å². The van der Waals surface area contributed by atoms with Gasteiger partial charge in [-0.05, 0) is 36.3 Å². The summed E-state index contributed by atoms with van der Waals surface area (Å²) >= 11 is 0. The van der Waals surface area contributed by atoms with Gasteiger partial charge in [0.1, 0.15) is 0 Å². The summed E-state index contributed by atoms with van der Waals surface area (Å²) in [6.07, 6.45) is 3.90. The summed E-state index contributed by atoms with van der Waals surface area (Å²) in [4.78, 5) is 10.1. The molecule has 0 unspecified atom stereocenters. The molecule has 4 nitrogen and oxygen atoms in total. The summed E-state index contributed by atoms with van der Waals surface area (Å²) in [6.45, 7) is 6.39. The van der Waals surface area contributed by atoms with E-state index in [1.807, 2.05) is 42.5 Å². The lowest BCUT2D eigenvalue weighted by molar-refractivity contribution is -0.384. The van der Waals surface area contributed by atoms with Crippen molar-refractivity contribution in [2.75, 3.05) is 13.1 Å². The second-order valence-corrected chi connectivity index (χ2v) is 4.55. The van der Waals surface area contributed by atoms with Crippen molar-refractivity contribution < 1.29 is 4.92 Å². The quantitative estimate of drug-likeness (QED) is 0.506.